The summed E-state index contributed by atoms with van der Waals surface area (Å²) < 4.78 is 20.6. The first-order valence-corrected chi connectivity index (χ1v) is 8.98. The number of rotatable bonds is 9. The summed E-state index contributed by atoms with van der Waals surface area (Å²) in [6.45, 7) is 0.903. The zero-order valence-electron chi connectivity index (χ0n) is 17.2. The van der Waals surface area contributed by atoms with Crippen LogP contribution in [0.25, 0.3) is 0 Å². The number of carbonyl (C=O) groups excluding carboxylic acids is 3. The first kappa shape index (κ1) is 22.5. The Morgan fingerprint density at radius 2 is 1.50 bits per heavy atom. The van der Waals surface area contributed by atoms with Crippen LogP contribution in [0.15, 0.2) is 36.4 Å². The number of ether oxygens (including phenoxy) is 4. The molecule has 2 rings (SSSR count). The SMILES string of the molecule is COc1ccc(NC(C)=O)cc1NC(=O)COC(=O)Cc1ccc(OC)c(OC)c1. The highest BCUT2D eigenvalue weighted by atomic mass is 16.5. The van der Waals surface area contributed by atoms with Crippen molar-refractivity contribution in [2.45, 2.75) is 13.3 Å². The van der Waals surface area contributed by atoms with Crippen molar-refractivity contribution in [2.75, 3.05) is 38.6 Å². The molecule has 2 amide bonds. The van der Waals surface area contributed by atoms with Gasteiger partial charge in [-0.1, -0.05) is 6.07 Å². The third-order valence-corrected chi connectivity index (χ3v) is 3.95. The van der Waals surface area contributed by atoms with Crippen LogP contribution in [-0.2, 0) is 25.5 Å². The first-order chi connectivity index (χ1) is 14.4. The van der Waals surface area contributed by atoms with Gasteiger partial charge in [-0.05, 0) is 35.9 Å². The summed E-state index contributed by atoms with van der Waals surface area (Å²) in [6, 6.07) is 9.84. The molecule has 0 saturated heterocycles. The lowest BCUT2D eigenvalue weighted by molar-refractivity contribution is -0.146. The molecule has 0 aliphatic rings. The molecular weight excluding hydrogens is 392 g/mol. The molecule has 0 aromatic heterocycles. The second-order valence-corrected chi connectivity index (χ2v) is 6.17. The second-order valence-electron chi connectivity index (χ2n) is 6.17. The molecule has 2 N–H and O–H groups in total. The molecule has 30 heavy (non-hydrogen) atoms. The van der Waals surface area contributed by atoms with Gasteiger partial charge in [-0.15, -0.1) is 0 Å². The number of esters is 1. The van der Waals surface area contributed by atoms with E-state index in [1.54, 1.807) is 36.4 Å². The van der Waals surface area contributed by atoms with Gasteiger partial charge in [0.15, 0.2) is 18.1 Å². The van der Waals surface area contributed by atoms with Gasteiger partial charge in [-0.3, -0.25) is 14.4 Å². The molecular formula is C21H24N2O7. The normalized spacial score (nSPS) is 10.0. The third kappa shape index (κ3) is 6.40. The number of methoxy groups -OCH3 is 3. The van der Waals surface area contributed by atoms with E-state index in [-0.39, 0.29) is 12.3 Å². The highest BCUT2D eigenvalue weighted by Crippen LogP contribution is 2.28. The summed E-state index contributed by atoms with van der Waals surface area (Å²) in [7, 11) is 4.47. The molecule has 0 aliphatic carbocycles. The van der Waals surface area contributed by atoms with Crippen LogP contribution in [0, 0.1) is 0 Å². The van der Waals surface area contributed by atoms with Crippen molar-refractivity contribution in [1.82, 2.24) is 0 Å². The van der Waals surface area contributed by atoms with Gasteiger partial charge in [-0.2, -0.15) is 0 Å². The van der Waals surface area contributed by atoms with Crippen molar-refractivity contribution in [1.29, 1.82) is 0 Å². The molecule has 0 fully saturated rings. The topological polar surface area (TPSA) is 112 Å². The standard InChI is InChI=1S/C21H24N2O7/c1-13(24)22-15-6-8-17(27-2)16(11-15)23-20(25)12-30-21(26)10-14-5-7-18(28-3)19(9-14)29-4/h5-9,11H,10,12H2,1-4H3,(H,22,24)(H,23,25). The van der Waals surface area contributed by atoms with E-state index in [2.05, 4.69) is 10.6 Å². The van der Waals surface area contributed by atoms with E-state index >= 15 is 0 Å². The lowest BCUT2D eigenvalue weighted by Crippen LogP contribution is -2.22. The molecule has 2 aromatic carbocycles. The van der Waals surface area contributed by atoms with E-state index in [1.807, 2.05) is 0 Å². The van der Waals surface area contributed by atoms with E-state index in [1.165, 1.54) is 28.3 Å². The largest absolute Gasteiger partial charge is 0.495 e. The lowest BCUT2D eigenvalue weighted by Gasteiger charge is -2.13. The van der Waals surface area contributed by atoms with E-state index in [0.717, 1.165) is 0 Å². The minimum absolute atomic E-state index is 0.0328. The smallest absolute Gasteiger partial charge is 0.310 e. The lowest BCUT2D eigenvalue weighted by atomic mass is 10.1. The number of benzene rings is 2. The Hall–Kier alpha value is -3.75. The monoisotopic (exact) mass is 416 g/mol. The number of nitrogens with one attached hydrogen (secondary N) is 2. The predicted molar refractivity (Wildman–Crippen MR) is 110 cm³/mol. The molecule has 0 atom stereocenters. The van der Waals surface area contributed by atoms with Crippen molar-refractivity contribution in [3.8, 4) is 17.2 Å². The van der Waals surface area contributed by atoms with Crippen molar-refractivity contribution in [3.63, 3.8) is 0 Å². The number of hydrogen-bond donors (Lipinski definition) is 2. The van der Waals surface area contributed by atoms with Crippen LogP contribution in [0.5, 0.6) is 17.2 Å². The maximum Gasteiger partial charge on any atom is 0.310 e. The molecule has 9 nitrogen and oxygen atoms in total. The van der Waals surface area contributed by atoms with Crippen LogP contribution in [-0.4, -0.2) is 45.7 Å². The van der Waals surface area contributed by atoms with Gasteiger partial charge >= 0.3 is 5.97 Å². The highest BCUT2D eigenvalue weighted by Gasteiger charge is 2.13. The highest BCUT2D eigenvalue weighted by molar-refractivity contribution is 5.96. The molecule has 0 unspecified atom stereocenters. The Balaban J connectivity index is 1.94. The van der Waals surface area contributed by atoms with Gasteiger partial charge < -0.3 is 29.6 Å². The fourth-order valence-electron chi connectivity index (χ4n) is 2.63. The Morgan fingerprint density at radius 3 is 2.13 bits per heavy atom. The molecule has 0 saturated carbocycles. The Morgan fingerprint density at radius 1 is 0.833 bits per heavy atom. The number of carbonyl (C=O) groups is 3. The summed E-state index contributed by atoms with van der Waals surface area (Å²) in [5, 5.41) is 5.21. The summed E-state index contributed by atoms with van der Waals surface area (Å²) in [5.41, 5.74) is 1.48. The maximum absolute atomic E-state index is 12.2. The van der Waals surface area contributed by atoms with Crippen LogP contribution < -0.4 is 24.8 Å². The second kappa shape index (κ2) is 10.7. The predicted octanol–water partition coefficient (Wildman–Crippen LogP) is 2.40. The maximum atomic E-state index is 12.2. The van der Waals surface area contributed by atoms with Crippen LogP contribution in [0.1, 0.15) is 12.5 Å². The number of hydrogen-bond acceptors (Lipinski definition) is 7. The van der Waals surface area contributed by atoms with Gasteiger partial charge in [0.25, 0.3) is 5.91 Å². The first-order valence-electron chi connectivity index (χ1n) is 8.98. The van der Waals surface area contributed by atoms with Gasteiger partial charge in [-0.25, -0.2) is 0 Å². The Bertz CT molecular complexity index is 928. The van der Waals surface area contributed by atoms with E-state index in [0.29, 0.717) is 34.2 Å². The van der Waals surface area contributed by atoms with Gasteiger partial charge in [0.2, 0.25) is 5.91 Å². The molecule has 9 heteroatoms. The Kier molecular flexibility index (Phi) is 8.04. The average Bonchev–Trinajstić information content (AvgIpc) is 2.72. The molecule has 2 aromatic rings. The number of anilines is 2. The summed E-state index contributed by atoms with van der Waals surface area (Å²) in [4.78, 5) is 35.5. The van der Waals surface area contributed by atoms with E-state index in [9.17, 15) is 14.4 Å². The van der Waals surface area contributed by atoms with Crippen LogP contribution in [0.4, 0.5) is 11.4 Å². The minimum atomic E-state index is -0.573. The van der Waals surface area contributed by atoms with Crippen molar-refractivity contribution >= 4 is 29.2 Å². The molecule has 0 aliphatic heterocycles. The van der Waals surface area contributed by atoms with E-state index < -0.39 is 18.5 Å². The Labute approximate surface area is 174 Å². The molecule has 160 valence electrons. The van der Waals surface area contributed by atoms with Crippen LogP contribution >= 0.6 is 0 Å². The minimum Gasteiger partial charge on any atom is -0.495 e. The number of amides is 2. The summed E-state index contributed by atoms with van der Waals surface area (Å²) in [5.74, 6) is 0.0667. The fourth-order valence-corrected chi connectivity index (χ4v) is 2.63. The van der Waals surface area contributed by atoms with Crippen LogP contribution in [0.3, 0.4) is 0 Å². The molecule has 0 spiro atoms. The zero-order chi connectivity index (χ0) is 22.1. The third-order valence-electron chi connectivity index (χ3n) is 3.95. The molecule has 0 bridgehead atoms. The van der Waals surface area contributed by atoms with Crippen molar-refractivity contribution in [2.24, 2.45) is 0 Å². The summed E-state index contributed by atoms with van der Waals surface area (Å²) in [6.07, 6.45) is -0.0328. The summed E-state index contributed by atoms with van der Waals surface area (Å²) >= 11 is 0. The average molecular weight is 416 g/mol. The quantitative estimate of drug-likeness (QED) is 0.604. The van der Waals surface area contributed by atoms with Gasteiger partial charge in [0.1, 0.15) is 5.75 Å². The molecule has 0 heterocycles. The van der Waals surface area contributed by atoms with E-state index in [4.69, 9.17) is 18.9 Å². The van der Waals surface area contributed by atoms with Crippen molar-refractivity contribution in [3.05, 3.63) is 42.0 Å². The van der Waals surface area contributed by atoms with Crippen LogP contribution in [0.2, 0.25) is 0 Å². The fraction of sp³-hybridized carbons (Fsp3) is 0.286. The molecule has 0 radical (unpaired) electrons. The van der Waals surface area contributed by atoms with Gasteiger partial charge in [0, 0.05) is 12.6 Å². The zero-order valence-corrected chi connectivity index (χ0v) is 17.2. The van der Waals surface area contributed by atoms with Crippen molar-refractivity contribution < 1.29 is 33.3 Å². The van der Waals surface area contributed by atoms with Gasteiger partial charge in [0.05, 0.1) is 33.4 Å².